The highest BCUT2D eigenvalue weighted by molar-refractivity contribution is 5.97. The molecule has 2 heterocycles. The normalized spacial score (nSPS) is 22.2. The molecule has 0 bridgehead atoms. The molecule has 0 aliphatic carbocycles. The Labute approximate surface area is 175 Å². The Bertz CT molecular complexity index is 655. The van der Waals surface area contributed by atoms with Crippen molar-refractivity contribution in [3.8, 4) is 0 Å². The number of halogens is 5. The Kier molecular flexibility index (Phi) is 9.33. The fraction of sp³-hybridized carbons (Fsp3) is 0.611. The number of hydrogen-bond acceptors (Lipinski definition) is 4. The van der Waals surface area contributed by atoms with Crippen molar-refractivity contribution < 1.29 is 22.7 Å². The van der Waals surface area contributed by atoms with Gasteiger partial charge in [0.1, 0.15) is 6.10 Å². The van der Waals surface area contributed by atoms with Crippen molar-refractivity contribution in [2.45, 2.75) is 50.5 Å². The van der Waals surface area contributed by atoms with Gasteiger partial charge in [-0.05, 0) is 50.3 Å². The molecule has 0 radical (unpaired) electrons. The molecule has 1 aromatic carbocycles. The van der Waals surface area contributed by atoms with Crippen LogP contribution >= 0.6 is 24.8 Å². The standard InChI is InChI=1S/C18H24F3N3O2.2ClH/c19-18(20,21)12-4-6-15(24-8-2-1-3-9-24)14(10-12)23-17(25)16-7-5-13(11-22)26-16;;/h4,6,10,13,16H,1-3,5,7-9,11,22H2,(H,23,25);2*1H/t13-,16+;;/m1../s1. The molecule has 2 fully saturated rings. The van der Waals surface area contributed by atoms with Crippen LogP contribution in [0.25, 0.3) is 0 Å². The van der Waals surface area contributed by atoms with Gasteiger partial charge in [-0.15, -0.1) is 24.8 Å². The minimum atomic E-state index is -4.46. The predicted octanol–water partition coefficient (Wildman–Crippen LogP) is 3.98. The first-order valence-electron chi connectivity index (χ1n) is 9.01. The minimum absolute atomic E-state index is 0. The Morgan fingerprint density at radius 2 is 1.86 bits per heavy atom. The van der Waals surface area contributed by atoms with Crippen LogP contribution in [0.5, 0.6) is 0 Å². The Hall–Kier alpha value is -1.22. The summed E-state index contributed by atoms with van der Waals surface area (Å²) in [6, 6.07) is 3.52. The summed E-state index contributed by atoms with van der Waals surface area (Å²) in [5, 5.41) is 2.66. The lowest BCUT2D eigenvalue weighted by molar-refractivity contribution is -0.137. The Morgan fingerprint density at radius 1 is 1.18 bits per heavy atom. The van der Waals surface area contributed by atoms with Crippen LogP contribution in [0, 0.1) is 0 Å². The highest BCUT2D eigenvalue weighted by Gasteiger charge is 2.33. The maximum Gasteiger partial charge on any atom is 0.416 e. The SMILES string of the molecule is Cl.Cl.NC[C@H]1CC[C@@H](C(=O)Nc2cc(C(F)(F)F)ccc2N2CCCCC2)O1. The summed E-state index contributed by atoms with van der Waals surface area (Å²) in [7, 11) is 0. The van der Waals surface area contributed by atoms with Gasteiger partial charge in [-0.2, -0.15) is 13.2 Å². The van der Waals surface area contributed by atoms with Gasteiger partial charge in [0, 0.05) is 19.6 Å². The second-order valence-electron chi connectivity index (χ2n) is 6.83. The molecule has 2 atom stereocenters. The number of piperidine rings is 1. The van der Waals surface area contributed by atoms with Gasteiger partial charge in [-0.1, -0.05) is 0 Å². The predicted molar refractivity (Wildman–Crippen MR) is 108 cm³/mol. The molecular weight excluding hydrogens is 418 g/mol. The first-order chi connectivity index (χ1) is 12.4. The maximum atomic E-state index is 13.1. The van der Waals surface area contributed by atoms with Gasteiger partial charge in [0.15, 0.2) is 0 Å². The Balaban J connectivity index is 0.00000196. The van der Waals surface area contributed by atoms with Crippen LogP contribution < -0.4 is 16.0 Å². The van der Waals surface area contributed by atoms with E-state index >= 15 is 0 Å². The van der Waals surface area contributed by atoms with Crippen molar-refractivity contribution in [2.75, 3.05) is 29.9 Å². The molecule has 160 valence electrons. The highest BCUT2D eigenvalue weighted by atomic mass is 35.5. The van der Waals surface area contributed by atoms with E-state index in [-0.39, 0.29) is 36.6 Å². The van der Waals surface area contributed by atoms with Gasteiger partial charge < -0.3 is 20.7 Å². The zero-order valence-corrected chi connectivity index (χ0v) is 17.0. The van der Waals surface area contributed by atoms with E-state index in [1.54, 1.807) is 0 Å². The largest absolute Gasteiger partial charge is 0.416 e. The summed E-state index contributed by atoms with van der Waals surface area (Å²) in [6.07, 6.45) is -1.04. The smallest absolute Gasteiger partial charge is 0.370 e. The molecule has 3 N–H and O–H groups in total. The number of ether oxygens (including phenoxy) is 1. The summed E-state index contributed by atoms with van der Waals surface area (Å²) in [5.74, 6) is -0.418. The number of nitrogens with two attached hydrogens (primary N) is 1. The number of benzene rings is 1. The van der Waals surface area contributed by atoms with Gasteiger partial charge in [0.2, 0.25) is 0 Å². The molecule has 10 heteroatoms. The van der Waals surface area contributed by atoms with E-state index in [1.165, 1.54) is 6.07 Å². The number of carbonyl (C=O) groups is 1. The van der Waals surface area contributed by atoms with Crippen LogP contribution in [0.4, 0.5) is 24.5 Å². The number of anilines is 2. The van der Waals surface area contributed by atoms with Crippen molar-refractivity contribution in [1.29, 1.82) is 0 Å². The van der Waals surface area contributed by atoms with Crippen molar-refractivity contribution in [1.82, 2.24) is 0 Å². The lowest BCUT2D eigenvalue weighted by Crippen LogP contribution is -2.33. The number of carbonyl (C=O) groups excluding carboxylic acids is 1. The van der Waals surface area contributed by atoms with E-state index in [0.29, 0.717) is 25.1 Å². The molecule has 0 unspecified atom stereocenters. The van der Waals surface area contributed by atoms with Crippen LogP contribution in [0.15, 0.2) is 18.2 Å². The quantitative estimate of drug-likeness (QED) is 0.738. The summed E-state index contributed by atoms with van der Waals surface area (Å²) in [4.78, 5) is 14.5. The molecule has 2 aliphatic heterocycles. The van der Waals surface area contributed by atoms with Crippen LogP contribution in [-0.4, -0.2) is 37.7 Å². The van der Waals surface area contributed by atoms with E-state index in [9.17, 15) is 18.0 Å². The molecule has 3 rings (SSSR count). The van der Waals surface area contributed by atoms with Crippen LogP contribution in [-0.2, 0) is 15.7 Å². The van der Waals surface area contributed by atoms with E-state index in [1.807, 2.05) is 4.90 Å². The first-order valence-corrected chi connectivity index (χ1v) is 9.01. The highest BCUT2D eigenvalue weighted by Crippen LogP contribution is 2.36. The lowest BCUT2D eigenvalue weighted by Gasteiger charge is -2.31. The summed E-state index contributed by atoms with van der Waals surface area (Å²) in [6.45, 7) is 1.86. The third-order valence-corrected chi connectivity index (χ3v) is 4.94. The van der Waals surface area contributed by atoms with Crippen molar-refractivity contribution in [3.63, 3.8) is 0 Å². The fourth-order valence-electron chi connectivity index (χ4n) is 3.51. The van der Waals surface area contributed by atoms with Crippen molar-refractivity contribution >= 4 is 42.1 Å². The van der Waals surface area contributed by atoms with Crippen LogP contribution in [0.1, 0.15) is 37.7 Å². The lowest BCUT2D eigenvalue weighted by atomic mass is 10.1. The molecule has 2 aliphatic rings. The molecule has 0 aromatic heterocycles. The first kappa shape index (κ1) is 24.8. The number of nitrogens with one attached hydrogen (secondary N) is 1. The van der Waals surface area contributed by atoms with E-state index < -0.39 is 23.8 Å². The van der Waals surface area contributed by atoms with E-state index in [4.69, 9.17) is 10.5 Å². The molecule has 0 saturated carbocycles. The monoisotopic (exact) mass is 443 g/mol. The zero-order valence-electron chi connectivity index (χ0n) is 15.3. The number of alkyl halides is 3. The van der Waals surface area contributed by atoms with Gasteiger partial charge in [-0.25, -0.2) is 0 Å². The zero-order chi connectivity index (χ0) is 18.7. The third kappa shape index (κ3) is 5.89. The fourth-order valence-corrected chi connectivity index (χ4v) is 3.51. The minimum Gasteiger partial charge on any atom is -0.370 e. The topological polar surface area (TPSA) is 67.6 Å². The average molecular weight is 444 g/mol. The molecular formula is C18H26Cl2F3N3O2. The molecule has 1 amide bonds. The van der Waals surface area contributed by atoms with Crippen molar-refractivity contribution in [3.05, 3.63) is 23.8 Å². The summed E-state index contributed by atoms with van der Waals surface area (Å²) < 4.78 is 44.9. The average Bonchev–Trinajstić information content (AvgIpc) is 3.11. The van der Waals surface area contributed by atoms with E-state index in [2.05, 4.69) is 5.32 Å². The number of rotatable bonds is 4. The van der Waals surface area contributed by atoms with Crippen molar-refractivity contribution in [2.24, 2.45) is 5.73 Å². The molecule has 1 aromatic rings. The summed E-state index contributed by atoms with van der Waals surface area (Å²) in [5.41, 5.74) is 5.58. The number of amides is 1. The molecule has 0 spiro atoms. The number of hydrogen-bond donors (Lipinski definition) is 2. The van der Waals surface area contributed by atoms with Gasteiger partial charge in [-0.3, -0.25) is 4.79 Å². The van der Waals surface area contributed by atoms with Crippen LogP contribution in [0.3, 0.4) is 0 Å². The summed E-state index contributed by atoms with van der Waals surface area (Å²) >= 11 is 0. The second kappa shape index (κ2) is 10.5. The molecule has 2 saturated heterocycles. The van der Waals surface area contributed by atoms with Gasteiger partial charge >= 0.3 is 6.18 Å². The molecule has 5 nitrogen and oxygen atoms in total. The van der Waals surface area contributed by atoms with E-state index in [0.717, 1.165) is 44.5 Å². The Morgan fingerprint density at radius 3 is 2.43 bits per heavy atom. The number of nitrogens with zero attached hydrogens (tertiary/aromatic N) is 1. The van der Waals surface area contributed by atoms with Gasteiger partial charge in [0.05, 0.1) is 23.0 Å². The molecule has 28 heavy (non-hydrogen) atoms. The third-order valence-electron chi connectivity index (χ3n) is 4.94. The van der Waals surface area contributed by atoms with Crippen LogP contribution in [0.2, 0.25) is 0 Å². The second-order valence-corrected chi connectivity index (χ2v) is 6.83. The van der Waals surface area contributed by atoms with Gasteiger partial charge in [0.25, 0.3) is 5.91 Å². The maximum absolute atomic E-state index is 13.1.